The molecule has 0 bridgehead atoms. The second kappa shape index (κ2) is 8.54. The zero-order valence-corrected chi connectivity index (χ0v) is 17.1. The third-order valence-corrected chi connectivity index (χ3v) is 5.03. The van der Waals surface area contributed by atoms with E-state index >= 15 is 0 Å². The maximum atomic E-state index is 12.7. The average Bonchev–Trinajstić information content (AvgIpc) is 3.24. The van der Waals surface area contributed by atoms with Gasteiger partial charge in [-0.2, -0.15) is 5.10 Å². The number of nitrogens with zero attached hydrogens (tertiary/aromatic N) is 4. The molecule has 0 aliphatic carbocycles. The summed E-state index contributed by atoms with van der Waals surface area (Å²) in [7, 11) is 0. The van der Waals surface area contributed by atoms with Crippen molar-refractivity contribution in [1.29, 1.82) is 0 Å². The van der Waals surface area contributed by atoms with E-state index in [0.717, 1.165) is 5.56 Å². The predicted octanol–water partition coefficient (Wildman–Crippen LogP) is 2.71. The molecule has 1 atom stereocenters. The van der Waals surface area contributed by atoms with Gasteiger partial charge in [-0.05, 0) is 36.8 Å². The fourth-order valence-corrected chi connectivity index (χ4v) is 3.42. The van der Waals surface area contributed by atoms with Crippen LogP contribution in [0.4, 0.5) is 11.5 Å². The Hall–Kier alpha value is -3.39. The van der Waals surface area contributed by atoms with E-state index in [9.17, 15) is 9.59 Å². The molecule has 2 amide bonds. The number of rotatable bonds is 6. The number of pyridine rings is 1. The highest BCUT2D eigenvalue weighted by Gasteiger charge is 2.26. The van der Waals surface area contributed by atoms with Gasteiger partial charge in [0, 0.05) is 29.7 Å². The molecule has 0 fully saturated rings. The lowest BCUT2D eigenvalue weighted by Gasteiger charge is -2.30. The first kappa shape index (κ1) is 19.9. The Morgan fingerprint density at radius 1 is 1.33 bits per heavy atom. The SMILES string of the molecule is CC(Cn1cccn1)NC(=O)c1cnc2c(c1)N(Cc1ccc(Cl)cc1)C(=O)CN2. The second-order valence-corrected chi connectivity index (χ2v) is 7.59. The minimum Gasteiger partial charge on any atom is -0.359 e. The van der Waals surface area contributed by atoms with Crippen LogP contribution in [0, 0.1) is 0 Å². The van der Waals surface area contributed by atoms with Crippen molar-refractivity contribution in [2.75, 3.05) is 16.8 Å². The smallest absolute Gasteiger partial charge is 0.253 e. The van der Waals surface area contributed by atoms with Crippen molar-refractivity contribution in [2.45, 2.75) is 26.1 Å². The summed E-state index contributed by atoms with van der Waals surface area (Å²) in [5, 5.41) is 10.7. The Morgan fingerprint density at radius 2 is 2.13 bits per heavy atom. The molecule has 154 valence electrons. The molecule has 8 nitrogen and oxygen atoms in total. The Morgan fingerprint density at radius 3 is 2.87 bits per heavy atom. The lowest BCUT2D eigenvalue weighted by molar-refractivity contribution is -0.117. The third-order valence-electron chi connectivity index (χ3n) is 4.78. The highest BCUT2D eigenvalue weighted by atomic mass is 35.5. The summed E-state index contributed by atoms with van der Waals surface area (Å²) in [5.74, 6) is 0.225. The maximum absolute atomic E-state index is 12.7. The number of amides is 2. The molecule has 2 aromatic heterocycles. The normalized spacial score (nSPS) is 14.1. The van der Waals surface area contributed by atoms with E-state index in [1.54, 1.807) is 34.0 Å². The molecule has 9 heteroatoms. The molecule has 3 aromatic rings. The summed E-state index contributed by atoms with van der Waals surface area (Å²) in [6.07, 6.45) is 5.05. The molecule has 0 radical (unpaired) electrons. The quantitative estimate of drug-likeness (QED) is 0.634. The maximum Gasteiger partial charge on any atom is 0.253 e. The van der Waals surface area contributed by atoms with Gasteiger partial charge in [-0.3, -0.25) is 14.3 Å². The highest BCUT2D eigenvalue weighted by Crippen LogP contribution is 2.30. The summed E-state index contributed by atoms with van der Waals surface area (Å²) in [6, 6.07) is 10.7. The van der Waals surface area contributed by atoms with Gasteiger partial charge in [0.05, 0.1) is 30.9 Å². The molecule has 1 aliphatic rings. The van der Waals surface area contributed by atoms with Gasteiger partial charge in [-0.1, -0.05) is 23.7 Å². The number of carbonyl (C=O) groups is 2. The molecule has 0 saturated carbocycles. The van der Waals surface area contributed by atoms with Crippen LogP contribution in [0.2, 0.25) is 5.02 Å². The van der Waals surface area contributed by atoms with Gasteiger partial charge in [0.15, 0.2) is 5.82 Å². The van der Waals surface area contributed by atoms with Gasteiger partial charge in [0.1, 0.15) is 0 Å². The van der Waals surface area contributed by atoms with Crippen LogP contribution in [0.3, 0.4) is 0 Å². The molecule has 1 aromatic carbocycles. The zero-order valence-electron chi connectivity index (χ0n) is 16.4. The first-order valence-corrected chi connectivity index (χ1v) is 9.94. The van der Waals surface area contributed by atoms with Crippen LogP contribution in [0.25, 0.3) is 0 Å². The van der Waals surface area contributed by atoms with E-state index < -0.39 is 0 Å². The Balaban J connectivity index is 1.52. The fraction of sp³-hybridized carbons (Fsp3) is 0.238. The summed E-state index contributed by atoms with van der Waals surface area (Å²) in [5.41, 5.74) is 1.90. The molecule has 3 heterocycles. The monoisotopic (exact) mass is 424 g/mol. The Kier molecular flexibility index (Phi) is 5.67. The van der Waals surface area contributed by atoms with Crippen molar-refractivity contribution in [3.05, 3.63) is 71.1 Å². The van der Waals surface area contributed by atoms with E-state index in [1.165, 1.54) is 6.20 Å². The summed E-state index contributed by atoms with van der Waals surface area (Å²) in [4.78, 5) is 31.3. The van der Waals surface area contributed by atoms with E-state index in [0.29, 0.717) is 35.2 Å². The molecular weight excluding hydrogens is 404 g/mol. The van der Waals surface area contributed by atoms with E-state index in [1.807, 2.05) is 31.3 Å². The standard InChI is InChI=1S/C21H21ClN6O2/c1-14(12-27-8-2-7-25-27)26-21(30)16-9-18-20(23-10-16)24-11-19(29)28(18)13-15-3-5-17(22)6-4-15/h2-10,14H,11-13H2,1H3,(H,23,24)(H,26,30). The number of fused-ring (bicyclic) bond motifs is 1. The van der Waals surface area contributed by atoms with Crippen LogP contribution in [-0.2, 0) is 17.9 Å². The summed E-state index contributed by atoms with van der Waals surface area (Å²) >= 11 is 5.96. The first-order valence-electron chi connectivity index (χ1n) is 9.56. The lowest BCUT2D eigenvalue weighted by Crippen LogP contribution is -2.40. The van der Waals surface area contributed by atoms with Crippen molar-refractivity contribution in [1.82, 2.24) is 20.1 Å². The third kappa shape index (κ3) is 4.44. The van der Waals surface area contributed by atoms with E-state index in [2.05, 4.69) is 20.7 Å². The largest absolute Gasteiger partial charge is 0.359 e. The lowest BCUT2D eigenvalue weighted by atomic mass is 10.1. The van der Waals surface area contributed by atoms with E-state index in [-0.39, 0.29) is 24.4 Å². The van der Waals surface area contributed by atoms with E-state index in [4.69, 9.17) is 11.6 Å². The van der Waals surface area contributed by atoms with Gasteiger partial charge in [0.25, 0.3) is 5.91 Å². The fourth-order valence-electron chi connectivity index (χ4n) is 3.30. The number of halogens is 1. The summed E-state index contributed by atoms with van der Waals surface area (Å²) in [6.45, 7) is 2.98. The van der Waals surface area contributed by atoms with Gasteiger partial charge in [-0.25, -0.2) is 4.98 Å². The molecule has 4 rings (SSSR count). The number of hydrogen-bond donors (Lipinski definition) is 2. The van der Waals surface area contributed by atoms with Crippen LogP contribution in [0.5, 0.6) is 0 Å². The van der Waals surface area contributed by atoms with Crippen molar-refractivity contribution in [3.8, 4) is 0 Å². The molecule has 1 unspecified atom stereocenters. The number of nitrogens with one attached hydrogen (secondary N) is 2. The van der Waals surface area contributed by atoms with Crippen molar-refractivity contribution in [3.63, 3.8) is 0 Å². The van der Waals surface area contributed by atoms with Crippen molar-refractivity contribution >= 4 is 34.9 Å². The zero-order chi connectivity index (χ0) is 21.1. The van der Waals surface area contributed by atoms with Crippen LogP contribution < -0.4 is 15.5 Å². The van der Waals surface area contributed by atoms with Crippen LogP contribution >= 0.6 is 11.6 Å². The molecule has 30 heavy (non-hydrogen) atoms. The molecule has 0 saturated heterocycles. The van der Waals surface area contributed by atoms with Gasteiger partial charge in [0.2, 0.25) is 5.91 Å². The number of anilines is 2. The molecule has 1 aliphatic heterocycles. The number of hydrogen-bond acceptors (Lipinski definition) is 5. The van der Waals surface area contributed by atoms with Crippen LogP contribution in [-0.4, -0.2) is 39.2 Å². The molecular formula is C21H21ClN6O2. The first-order chi connectivity index (χ1) is 14.5. The second-order valence-electron chi connectivity index (χ2n) is 7.15. The van der Waals surface area contributed by atoms with Crippen molar-refractivity contribution < 1.29 is 9.59 Å². The minimum absolute atomic E-state index is 0.0936. The van der Waals surface area contributed by atoms with Gasteiger partial charge < -0.3 is 15.5 Å². The Labute approximate surface area is 178 Å². The Bertz CT molecular complexity index is 1050. The number of carbonyl (C=O) groups excluding carboxylic acids is 2. The molecule has 0 spiro atoms. The van der Waals surface area contributed by atoms with Gasteiger partial charge >= 0.3 is 0 Å². The summed E-state index contributed by atoms with van der Waals surface area (Å²) < 4.78 is 1.76. The van der Waals surface area contributed by atoms with Crippen LogP contribution in [0.1, 0.15) is 22.8 Å². The average molecular weight is 425 g/mol. The number of aromatic nitrogens is 3. The topological polar surface area (TPSA) is 92.2 Å². The van der Waals surface area contributed by atoms with Gasteiger partial charge in [-0.15, -0.1) is 0 Å². The van der Waals surface area contributed by atoms with Crippen molar-refractivity contribution in [2.24, 2.45) is 0 Å². The number of benzene rings is 1. The highest BCUT2D eigenvalue weighted by molar-refractivity contribution is 6.30. The van der Waals surface area contributed by atoms with Crippen LogP contribution in [0.15, 0.2) is 55.0 Å². The minimum atomic E-state index is -0.255. The molecule has 2 N–H and O–H groups in total. The predicted molar refractivity (Wildman–Crippen MR) is 115 cm³/mol.